The molecule has 0 saturated heterocycles. The second-order valence-electron chi connectivity index (χ2n) is 9.30. The number of carbonyl (C=O) groups excluding carboxylic acids is 1. The Kier molecular flexibility index (Phi) is 10.00. The number of hydrogen-bond acceptors (Lipinski definition) is 4. The Bertz CT molecular complexity index is 489. The molecule has 8 heteroatoms. The number of methoxy groups -OCH3 is 1. The standard InChI is InChI=1S/C19H40N2O5Si/c1-15(16(22)23)19(5,6)14-20-17(24)21(10-12-25-7)11-13-26-27(8,9)18(2,3)4/h15H,10-14H2,1-9H3,(H,20,24)(H,22,23)/t15-/m1/s1. The molecule has 0 aliphatic heterocycles. The molecule has 0 heterocycles. The molecule has 0 aromatic carbocycles. The van der Waals surface area contributed by atoms with Gasteiger partial charge in [-0.2, -0.15) is 0 Å². The lowest BCUT2D eigenvalue weighted by Crippen LogP contribution is -2.49. The van der Waals surface area contributed by atoms with E-state index >= 15 is 0 Å². The van der Waals surface area contributed by atoms with Gasteiger partial charge >= 0.3 is 12.0 Å². The van der Waals surface area contributed by atoms with Gasteiger partial charge in [0.1, 0.15) is 0 Å². The fourth-order valence-corrected chi connectivity index (χ4v) is 3.08. The van der Waals surface area contributed by atoms with Crippen molar-refractivity contribution in [2.75, 3.05) is 40.0 Å². The van der Waals surface area contributed by atoms with Gasteiger partial charge < -0.3 is 24.5 Å². The summed E-state index contributed by atoms with van der Waals surface area (Å²) >= 11 is 0. The number of nitrogens with zero attached hydrogens (tertiary/aromatic N) is 1. The Hall–Kier alpha value is -1.12. The van der Waals surface area contributed by atoms with Crippen LogP contribution in [0, 0.1) is 11.3 Å². The van der Waals surface area contributed by atoms with Gasteiger partial charge in [-0.05, 0) is 23.5 Å². The molecule has 0 fully saturated rings. The Balaban J connectivity index is 4.80. The molecule has 0 aliphatic carbocycles. The first-order valence-electron chi connectivity index (χ1n) is 9.54. The van der Waals surface area contributed by atoms with E-state index in [1.165, 1.54) is 0 Å². The van der Waals surface area contributed by atoms with Gasteiger partial charge in [0.25, 0.3) is 0 Å². The van der Waals surface area contributed by atoms with E-state index in [1.807, 2.05) is 13.8 Å². The summed E-state index contributed by atoms with van der Waals surface area (Å²) in [5.74, 6) is -1.43. The first kappa shape index (κ1) is 25.9. The van der Waals surface area contributed by atoms with E-state index in [0.29, 0.717) is 26.3 Å². The van der Waals surface area contributed by atoms with Gasteiger partial charge in [-0.3, -0.25) is 4.79 Å². The van der Waals surface area contributed by atoms with Crippen LogP contribution in [0.2, 0.25) is 18.1 Å². The van der Waals surface area contributed by atoms with Crippen LogP contribution in [0.25, 0.3) is 0 Å². The van der Waals surface area contributed by atoms with E-state index < -0.39 is 25.6 Å². The lowest BCUT2D eigenvalue weighted by molar-refractivity contribution is -0.144. The Morgan fingerprint density at radius 3 is 2.07 bits per heavy atom. The summed E-state index contributed by atoms with van der Waals surface area (Å²) in [6.07, 6.45) is 0. The van der Waals surface area contributed by atoms with Gasteiger partial charge in [-0.1, -0.05) is 41.5 Å². The van der Waals surface area contributed by atoms with Gasteiger partial charge in [0.05, 0.1) is 19.1 Å². The maximum Gasteiger partial charge on any atom is 0.317 e. The van der Waals surface area contributed by atoms with Crippen LogP contribution in [0.5, 0.6) is 0 Å². The van der Waals surface area contributed by atoms with Crippen LogP contribution in [0.4, 0.5) is 4.79 Å². The van der Waals surface area contributed by atoms with E-state index in [9.17, 15) is 14.7 Å². The third kappa shape index (κ3) is 8.61. The number of carboxylic acid groups (broad SMARTS) is 1. The summed E-state index contributed by atoms with van der Waals surface area (Å²) in [6.45, 7) is 18.4. The maximum atomic E-state index is 12.6. The normalized spacial score (nSPS) is 14.0. The number of ether oxygens (including phenoxy) is 1. The van der Waals surface area contributed by atoms with Crippen LogP contribution in [0.3, 0.4) is 0 Å². The number of amides is 2. The molecule has 0 spiro atoms. The van der Waals surface area contributed by atoms with Gasteiger partial charge in [0, 0.05) is 26.7 Å². The first-order valence-corrected chi connectivity index (χ1v) is 12.4. The van der Waals surface area contributed by atoms with Gasteiger partial charge in [-0.15, -0.1) is 0 Å². The van der Waals surface area contributed by atoms with E-state index in [4.69, 9.17) is 9.16 Å². The third-order valence-corrected chi connectivity index (χ3v) is 10.3. The van der Waals surface area contributed by atoms with Crippen LogP contribution >= 0.6 is 0 Å². The predicted molar refractivity (Wildman–Crippen MR) is 111 cm³/mol. The van der Waals surface area contributed by atoms with Gasteiger partial charge in [0.15, 0.2) is 8.32 Å². The molecule has 2 amide bonds. The third-order valence-electron chi connectivity index (χ3n) is 5.72. The van der Waals surface area contributed by atoms with Crippen LogP contribution in [-0.2, 0) is 14.0 Å². The molecular formula is C19H40N2O5Si. The number of carbonyl (C=O) groups is 2. The predicted octanol–water partition coefficient (Wildman–Crippen LogP) is 3.41. The lowest BCUT2D eigenvalue weighted by atomic mass is 9.80. The monoisotopic (exact) mass is 404 g/mol. The number of rotatable bonds is 11. The largest absolute Gasteiger partial charge is 0.481 e. The van der Waals surface area contributed by atoms with Crippen LogP contribution in [0.15, 0.2) is 0 Å². The molecule has 0 aliphatic rings. The molecule has 0 aromatic heterocycles. The van der Waals surface area contributed by atoms with Gasteiger partial charge in [-0.25, -0.2) is 4.79 Å². The summed E-state index contributed by atoms with van der Waals surface area (Å²) in [4.78, 5) is 25.5. The summed E-state index contributed by atoms with van der Waals surface area (Å²) in [5.41, 5.74) is -0.550. The number of hydrogen-bond donors (Lipinski definition) is 2. The number of urea groups is 1. The topological polar surface area (TPSA) is 88.1 Å². The minimum Gasteiger partial charge on any atom is -0.481 e. The highest BCUT2D eigenvalue weighted by Gasteiger charge is 2.37. The van der Waals surface area contributed by atoms with Crippen molar-refractivity contribution in [1.29, 1.82) is 0 Å². The SMILES string of the molecule is COCCN(CCO[Si](C)(C)C(C)(C)C)C(=O)NCC(C)(C)[C@H](C)C(=O)O. The zero-order chi connectivity index (χ0) is 21.5. The molecule has 0 saturated carbocycles. The van der Waals surface area contributed by atoms with Crippen molar-refractivity contribution in [3.63, 3.8) is 0 Å². The zero-order valence-electron chi connectivity index (χ0n) is 18.6. The van der Waals surface area contributed by atoms with E-state index in [1.54, 1.807) is 18.9 Å². The molecule has 160 valence electrons. The summed E-state index contributed by atoms with van der Waals surface area (Å²) in [5, 5.41) is 12.2. The molecule has 0 bridgehead atoms. The molecular weight excluding hydrogens is 364 g/mol. The maximum absolute atomic E-state index is 12.6. The average Bonchev–Trinajstić information content (AvgIpc) is 2.53. The summed E-state index contributed by atoms with van der Waals surface area (Å²) in [7, 11) is -0.271. The second kappa shape index (κ2) is 10.4. The van der Waals surface area contributed by atoms with Crippen molar-refractivity contribution >= 4 is 20.3 Å². The Morgan fingerprint density at radius 2 is 1.63 bits per heavy atom. The zero-order valence-corrected chi connectivity index (χ0v) is 19.6. The van der Waals surface area contributed by atoms with Gasteiger partial charge in [0.2, 0.25) is 0 Å². The molecule has 0 unspecified atom stereocenters. The highest BCUT2D eigenvalue weighted by atomic mass is 28.4. The highest BCUT2D eigenvalue weighted by Crippen LogP contribution is 2.36. The number of nitrogens with one attached hydrogen (secondary N) is 1. The molecule has 7 nitrogen and oxygen atoms in total. The van der Waals surface area contributed by atoms with E-state index in [-0.39, 0.29) is 17.6 Å². The Labute approximate surface area is 165 Å². The second-order valence-corrected chi connectivity index (χ2v) is 14.1. The average molecular weight is 405 g/mol. The minimum atomic E-state index is -1.87. The number of carboxylic acids is 1. The fourth-order valence-electron chi connectivity index (χ4n) is 2.05. The molecule has 2 N–H and O–H groups in total. The highest BCUT2D eigenvalue weighted by molar-refractivity contribution is 6.74. The summed E-state index contributed by atoms with van der Waals surface area (Å²) in [6, 6.07) is -0.225. The Morgan fingerprint density at radius 1 is 1.11 bits per heavy atom. The van der Waals surface area contributed by atoms with E-state index in [2.05, 4.69) is 39.2 Å². The summed E-state index contributed by atoms with van der Waals surface area (Å²) < 4.78 is 11.3. The molecule has 27 heavy (non-hydrogen) atoms. The van der Waals surface area contributed by atoms with Crippen LogP contribution < -0.4 is 5.32 Å². The van der Waals surface area contributed by atoms with Crippen LogP contribution in [0.1, 0.15) is 41.5 Å². The van der Waals surface area contributed by atoms with Crippen molar-refractivity contribution in [3.8, 4) is 0 Å². The molecule has 0 aromatic rings. The van der Waals surface area contributed by atoms with Crippen molar-refractivity contribution in [2.45, 2.75) is 59.7 Å². The lowest BCUT2D eigenvalue weighted by Gasteiger charge is -2.37. The first-order chi connectivity index (χ1) is 12.2. The van der Waals surface area contributed by atoms with Crippen molar-refractivity contribution in [2.24, 2.45) is 11.3 Å². The van der Waals surface area contributed by atoms with Crippen LogP contribution in [-0.4, -0.2) is 70.3 Å². The van der Waals surface area contributed by atoms with Crippen molar-refractivity contribution in [1.82, 2.24) is 10.2 Å². The smallest absolute Gasteiger partial charge is 0.317 e. The quantitative estimate of drug-likeness (QED) is 0.515. The van der Waals surface area contributed by atoms with Crippen molar-refractivity contribution < 1.29 is 23.9 Å². The van der Waals surface area contributed by atoms with Crippen molar-refractivity contribution in [3.05, 3.63) is 0 Å². The van der Waals surface area contributed by atoms with E-state index in [0.717, 1.165) is 0 Å². The molecule has 0 radical (unpaired) electrons. The molecule has 0 rings (SSSR count). The fraction of sp³-hybridized carbons (Fsp3) is 0.895. The minimum absolute atomic E-state index is 0.115. The number of aliphatic carboxylic acids is 1. The molecule has 1 atom stereocenters.